The van der Waals surface area contributed by atoms with Crippen LogP contribution in [0.15, 0.2) is 60.8 Å². The number of hydrogen-bond donors (Lipinski definition) is 1. The Hall–Kier alpha value is -4.45. The first kappa shape index (κ1) is 26.2. The zero-order chi connectivity index (χ0) is 27.9. The van der Waals surface area contributed by atoms with Crippen molar-refractivity contribution in [2.75, 3.05) is 12.4 Å². The zero-order valence-corrected chi connectivity index (χ0v) is 21.2. The number of nitrogens with one attached hydrogen (secondary N) is 1. The molecule has 2 aromatic carbocycles. The highest BCUT2D eigenvalue weighted by Gasteiger charge is 2.36. The maximum absolute atomic E-state index is 13.9. The van der Waals surface area contributed by atoms with Crippen LogP contribution in [-0.4, -0.2) is 37.4 Å². The fourth-order valence-corrected chi connectivity index (χ4v) is 4.19. The van der Waals surface area contributed by atoms with Crippen LogP contribution in [0, 0.1) is 12.7 Å². The molecule has 0 aliphatic heterocycles. The lowest BCUT2D eigenvalue weighted by atomic mass is 10.1. The third-order valence-corrected chi connectivity index (χ3v) is 6.30. The summed E-state index contributed by atoms with van der Waals surface area (Å²) in [7, 11) is 1.47. The molecule has 39 heavy (non-hydrogen) atoms. The molecular weight excluding hydrogens is 540 g/mol. The number of carbonyl (C=O) groups is 1. The summed E-state index contributed by atoms with van der Waals surface area (Å²) in [5.41, 5.74) is 0.124. The van der Waals surface area contributed by atoms with Gasteiger partial charge in [-0.05, 0) is 55.0 Å². The molecule has 3 heterocycles. The Kier molecular flexibility index (Phi) is 6.73. The molecule has 0 aliphatic rings. The molecule has 1 amide bonds. The second kappa shape index (κ2) is 10.0. The predicted octanol–water partition coefficient (Wildman–Crippen LogP) is 6.02. The minimum absolute atomic E-state index is 0.00308. The van der Waals surface area contributed by atoms with Crippen LogP contribution in [0.25, 0.3) is 16.9 Å². The molecule has 0 aliphatic carbocycles. The lowest BCUT2D eigenvalue weighted by molar-refractivity contribution is -0.142. The van der Waals surface area contributed by atoms with Crippen LogP contribution < -0.4 is 10.1 Å². The molecule has 0 fully saturated rings. The van der Waals surface area contributed by atoms with E-state index in [0.717, 1.165) is 12.3 Å². The summed E-state index contributed by atoms with van der Waals surface area (Å²) < 4.78 is 62.3. The number of nitrogens with zero attached hydrogens (tertiary/aromatic N) is 5. The molecule has 0 radical (unpaired) electrons. The molecule has 0 saturated carbocycles. The standard InChI is InChI=1S/C26H19ClF4N6O2/c1-14-9-23(35-36(14)13-16-3-6-17(28)10-20(16)27)34-25(38)19-12-32-37-22(26(29,30)31)11-21(33-24(19)37)15-4-7-18(39-2)8-5-15/h3-12H,13H2,1-2H3,(H,34,35,38). The van der Waals surface area contributed by atoms with Crippen LogP contribution in [0.5, 0.6) is 5.75 Å². The number of anilines is 1. The molecule has 0 unspecified atom stereocenters. The molecule has 8 nitrogen and oxygen atoms in total. The third-order valence-electron chi connectivity index (χ3n) is 5.95. The Morgan fingerprint density at radius 1 is 1.10 bits per heavy atom. The number of alkyl halides is 3. The van der Waals surface area contributed by atoms with E-state index in [1.807, 2.05) is 0 Å². The molecule has 200 valence electrons. The number of methoxy groups -OCH3 is 1. The van der Waals surface area contributed by atoms with Crippen LogP contribution in [0.4, 0.5) is 23.4 Å². The third kappa shape index (κ3) is 5.28. The first-order valence-corrected chi connectivity index (χ1v) is 11.8. The summed E-state index contributed by atoms with van der Waals surface area (Å²) >= 11 is 6.11. The largest absolute Gasteiger partial charge is 0.497 e. The molecule has 5 rings (SSSR count). The predicted molar refractivity (Wildman–Crippen MR) is 135 cm³/mol. The number of carbonyl (C=O) groups excluding carboxylic acids is 1. The number of rotatable bonds is 6. The number of benzene rings is 2. The minimum Gasteiger partial charge on any atom is -0.497 e. The first-order chi connectivity index (χ1) is 18.5. The van der Waals surface area contributed by atoms with Gasteiger partial charge in [0.15, 0.2) is 17.2 Å². The van der Waals surface area contributed by atoms with Crippen LogP contribution >= 0.6 is 11.6 Å². The number of halogens is 5. The summed E-state index contributed by atoms with van der Waals surface area (Å²) in [4.78, 5) is 17.5. The summed E-state index contributed by atoms with van der Waals surface area (Å²) in [6, 6.07) is 12.8. The van der Waals surface area contributed by atoms with Gasteiger partial charge in [-0.3, -0.25) is 9.48 Å². The van der Waals surface area contributed by atoms with Crippen LogP contribution in [-0.2, 0) is 12.7 Å². The van der Waals surface area contributed by atoms with Gasteiger partial charge in [0.1, 0.15) is 17.1 Å². The van der Waals surface area contributed by atoms with Gasteiger partial charge in [0.25, 0.3) is 5.91 Å². The van der Waals surface area contributed by atoms with Gasteiger partial charge in [0.2, 0.25) is 0 Å². The van der Waals surface area contributed by atoms with E-state index in [4.69, 9.17) is 16.3 Å². The molecule has 0 bridgehead atoms. The quantitative estimate of drug-likeness (QED) is 0.258. The van der Waals surface area contributed by atoms with Crippen LogP contribution in [0.3, 0.4) is 0 Å². The van der Waals surface area contributed by atoms with Gasteiger partial charge in [-0.1, -0.05) is 17.7 Å². The van der Waals surface area contributed by atoms with E-state index in [-0.39, 0.29) is 34.3 Å². The molecule has 1 N–H and O–H groups in total. The van der Waals surface area contributed by atoms with Gasteiger partial charge in [-0.2, -0.15) is 23.4 Å². The Balaban J connectivity index is 1.48. The molecule has 0 spiro atoms. The summed E-state index contributed by atoms with van der Waals surface area (Å²) in [6.07, 6.45) is -3.74. The maximum atomic E-state index is 13.9. The van der Waals surface area contributed by atoms with Gasteiger partial charge in [0, 0.05) is 22.3 Å². The van der Waals surface area contributed by atoms with Crippen molar-refractivity contribution in [1.82, 2.24) is 24.4 Å². The average Bonchev–Trinajstić information content (AvgIpc) is 3.47. The Bertz CT molecular complexity index is 1700. The van der Waals surface area contributed by atoms with E-state index in [1.165, 1.54) is 25.3 Å². The van der Waals surface area contributed by atoms with E-state index in [1.54, 1.807) is 41.9 Å². The van der Waals surface area contributed by atoms with Crippen molar-refractivity contribution < 1.29 is 27.1 Å². The van der Waals surface area contributed by atoms with E-state index < -0.39 is 23.6 Å². The highest BCUT2D eigenvalue weighted by atomic mass is 35.5. The number of aryl methyl sites for hydroxylation is 1. The molecule has 3 aromatic heterocycles. The lowest BCUT2D eigenvalue weighted by Gasteiger charge is -2.12. The molecule has 0 saturated heterocycles. The van der Waals surface area contributed by atoms with Crippen LogP contribution in [0.1, 0.15) is 27.3 Å². The molecular formula is C26H19ClF4N6O2. The molecule has 0 atom stereocenters. The Morgan fingerprint density at radius 3 is 2.51 bits per heavy atom. The average molecular weight is 559 g/mol. The van der Waals surface area contributed by atoms with Crippen LogP contribution in [0.2, 0.25) is 5.02 Å². The number of aromatic nitrogens is 5. The van der Waals surface area contributed by atoms with Gasteiger partial charge in [-0.25, -0.2) is 13.9 Å². The molecule has 5 aromatic rings. The number of amides is 1. The maximum Gasteiger partial charge on any atom is 0.433 e. The number of ether oxygens (including phenoxy) is 1. The topological polar surface area (TPSA) is 86.3 Å². The second-order valence-electron chi connectivity index (χ2n) is 8.57. The van der Waals surface area contributed by atoms with E-state index in [9.17, 15) is 22.4 Å². The molecule has 13 heteroatoms. The van der Waals surface area contributed by atoms with E-state index in [0.29, 0.717) is 27.1 Å². The van der Waals surface area contributed by atoms with Crippen molar-refractivity contribution in [1.29, 1.82) is 0 Å². The smallest absolute Gasteiger partial charge is 0.433 e. The van der Waals surface area contributed by atoms with E-state index in [2.05, 4.69) is 20.5 Å². The van der Waals surface area contributed by atoms with Crippen molar-refractivity contribution in [3.63, 3.8) is 0 Å². The van der Waals surface area contributed by atoms with Crippen molar-refractivity contribution in [2.24, 2.45) is 0 Å². The highest BCUT2D eigenvalue weighted by Crippen LogP contribution is 2.33. The Labute approximate surface area is 223 Å². The van der Waals surface area contributed by atoms with Gasteiger partial charge in [-0.15, -0.1) is 0 Å². The van der Waals surface area contributed by atoms with Gasteiger partial charge in [0.05, 0.1) is 25.5 Å². The fraction of sp³-hybridized carbons (Fsp3) is 0.154. The van der Waals surface area contributed by atoms with Gasteiger partial charge < -0.3 is 10.1 Å². The lowest BCUT2D eigenvalue weighted by Crippen LogP contribution is -2.16. The number of fused-ring (bicyclic) bond motifs is 1. The van der Waals surface area contributed by atoms with Crippen molar-refractivity contribution in [3.05, 3.63) is 94.1 Å². The summed E-state index contributed by atoms with van der Waals surface area (Å²) in [6.45, 7) is 1.95. The SMILES string of the molecule is COc1ccc(-c2cc(C(F)(F)F)n3ncc(C(=O)Nc4cc(C)n(Cc5ccc(F)cc5Cl)n4)c3n2)cc1. The number of hydrogen-bond acceptors (Lipinski definition) is 5. The first-order valence-electron chi connectivity index (χ1n) is 11.4. The monoisotopic (exact) mass is 558 g/mol. The van der Waals surface area contributed by atoms with Crippen molar-refractivity contribution in [2.45, 2.75) is 19.6 Å². The van der Waals surface area contributed by atoms with E-state index >= 15 is 0 Å². The Morgan fingerprint density at radius 2 is 1.85 bits per heavy atom. The fourth-order valence-electron chi connectivity index (χ4n) is 3.96. The minimum atomic E-state index is -4.76. The van der Waals surface area contributed by atoms with Gasteiger partial charge >= 0.3 is 6.18 Å². The van der Waals surface area contributed by atoms with Crippen molar-refractivity contribution in [3.8, 4) is 17.0 Å². The summed E-state index contributed by atoms with van der Waals surface area (Å²) in [5, 5.41) is 10.9. The summed E-state index contributed by atoms with van der Waals surface area (Å²) in [5.74, 6) is -0.545. The zero-order valence-electron chi connectivity index (χ0n) is 20.4. The van der Waals surface area contributed by atoms with Crippen molar-refractivity contribution >= 4 is 29.0 Å². The normalized spacial score (nSPS) is 11.7. The second-order valence-corrected chi connectivity index (χ2v) is 8.97. The highest BCUT2D eigenvalue weighted by molar-refractivity contribution is 6.31.